The maximum Gasteiger partial charge on any atom is 0.326 e. The second-order valence-electron chi connectivity index (χ2n) is 7.66. The quantitative estimate of drug-likeness (QED) is 0.125. The van der Waals surface area contributed by atoms with Crippen LogP contribution < -0.4 is 16.0 Å². The van der Waals surface area contributed by atoms with Crippen molar-refractivity contribution in [1.82, 2.24) is 16.0 Å². The molecular formula is C22H30IN3O8. The van der Waals surface area contributed by atoms with Crippen LogP contribution in [0.3, 0.4) is 0 Å². The summed E-state index contributed by atoms with van der Waals surface area (Å²) < 4.78 is 1.15. The number of carboxylic acids is 3. The van der Waals surface area contributed by atoms with E-state index in [0.717, 1.165) is 16.4 Å². The predicted molar refractivity (Wildman–Crippen MR) is 130 cm³/mol. The number of halogens is 1. The summed E-state index contributed by atoms with van der Waals surface area (Å²) in [5.74, 6) is -4.00. The zero-order chi connectivity index (χ0) is 25.5. The fourth-order valence-electron chi connectivity index (χ4n) is 3.03. The molecule has 2 atom stereocenters. The van der Waals surface area contributed by atoms with Crippen LogP contribution in [0.1, 0.15) is 50.5 Å². The van der Waals surface area contributed by atoms with Crippen molar-refractivity contribution in [1.29, 1.82) is 0 Å². The van der Waals surface area contributed by atoms with Crippen molar-refractivity contribution in [2.75, 3.05) is 6.54 Å². The van der Waals surface area contributed by atoms with E-state index in [1.165, 1.54) is 5.56 Å². The van der Waals surface area contributed by atoms with Crippen molar-refractivity contribution in [2.24, 2.45) is 0 Å². The summed E-state index contributed by atoms with van der Waals surface area (Å²) >= 11 is 2.23. The van der Waals surface area contributed by atoms with Crippen LogP contribution in [0.4, 0.5) is 4.79 Å². The third-order valence-corrected chi connectivity index (χ3v) is 5.60. The molecule has 0 radical (unpaired) electrons. The summed E-state index contributed by atoms with van der Waals surface area (Å²) in [6.07, 6.45) is 2.11. The van der Waals surface area contributed by atoms with Gasteiger partial charge < -0.3 is 31.3 Å². The molecule has 0 saturated carbocycles. The van der Waals surface area contributed by atoms with Crippen LogP contribution in [0.5, 0.6) is 0 Å². The first kappa shape index (κ1) is 29.1. The SMILES string of the molecule is O=C(O)CC[C@H](NC(=O)N[C@@H](CCCCNC(=O)CCCc1ccc(I)cc1)C(=O)O)C(=O)O. The Balaban J connectivity index is 2.28. The molecule has 1 aromatic rings. The number of hydrogen-bond donors (Lipinski definition) is 6. The number of benzene rings is 1. The summed E-state index contributed by atoms with van der Waals surface area (Å²) in [6, 6.07) is 4.39. The van der Waals surface area contributed by atoms with Gasteiger partial charge in [0.2, 0.25) is 5.91 Å². The van der Waals surface area contributed by atoms with Gasteiger partial charge in [0.25, 0.3) is 0 Å². The Labute approximate surface area is 210 Å². The minimum atomic E-state index is -1.45. The molecule has 34 heavy (non-hydrogen) atoms. The normalized spacial score (nSPS) is 12.3. The van der Waals surface area contributed by atoms with Gasteiger partial charge in [0.15, 0.2) is 0 Å². The van der Waals surface area contributed by atoms with Crippen molar-refractivity contribution in [2.45, 2.75) is 63.5 Å². The fraction of sp³-hybridized carbons (Fsp3) is 0.500. The molecule has 1 rings (SSSR count). The van der Waals surface area contributed by atoms with E-state index in [-0.39, 0.29) is 18.7 Å². The molecule has 0 fully saturated rings. The molecule has 0 heterocycles. The highest BCUT2D eigenvalue weighted by Crippen LogP contribution is 2.09. The highest BCUT2D eigenvalue weighted by atomic mass is 127. The van der Waals surface area contributed by atoms with Gasteiger partial charge >= 0.3 is 23.9 Å². The van der Waals surface area contributed by atoms with Gasteiger partial charge in [0.1, 0.15) is 12.1 Å². The third-order valence-electron chi connectivity index (χ3n) is 4.88. The molecule has 0 spiro atoms. The number of nitrogens with one attached hydrogen (secondary N) is 3. The van der Waals surface area contributed by atoms with E-state index in [4.69, 9.17) is 10.2 Å². The van der Waals surface area contributed by atoms with Gasteiger partial charge in [-0.05, 0) is 78.8 Å². The van der Waals surface area contributed by atoms with E-state index in [2.05, 4.69) is 38.5 Å². The second kappa shape index (κ2) is 15.9. The zero-order valence-corrected chi connectivity index (χ0v) is 20.7. The van der Waals surface area contributed by atoms with Crippen molar-refractivity contribution >= 4 is 52.4 Å². The van der Waals surface area contributed by atoms with Crippen molar-refractivity contribution in [3.05, 3.63) is 33.4 Å². The molecular weight excluding hydrogens is 561 g/mol. The Morgan fingerprint density at radius 3 is 1.94 bits per heavy atom. The fourth-order valence-corrected chi connectivity index (χ4v) is 3.39. The lowest BCUT2D eigenvalue weighted by molar-refractivity contribution is -0.140. The van der Waals surface area contributed by atoms with Gasteiger partial charge in [-0.1, -0.05) is 12.1 Å². The Bertz CT molecular complexity index is 847. The van der Waals surface area contributed by atoms with Crippen LogP contribution in [0.15, 0.2) is 24.3 Å². The number of aliphatic carboxylic acids is 3. The highest BCUT2D eigenvalue weighted by molar-refractivity contribution is 14.1. The van der Waals surface area contributed by atoms with Crippen molar-refractivity contribution in [3.63, 3.8) is 0 Å². The first-order valence-electron chi connectivity index (χ1n) is 10.8. The summed E-state index contributed by atoms with van der Waals surface area (Å²) in [7, 11) is 0. The van der Waals surface area contributed by atoms with Crippen LogP contribution in [0, 0.1) is 3.57 Å². The lowest BCUT2D eigenvalue weighted by Crippen LogP contribution is -2.51. The monoisotopic (exact) mass is 591 g/mol. The molecule has 1 aromatic carbocycles. The lowest BCUT2D eigenvalue weighted by Gasteiger charge is -2.18. The molecule has 11 nitrogen and oxygen atoms in total. The molecule has 0 saturated heterocycles. The molecule has 0 aliphatic rings. The minimum Gasteiger partial charge on any atom is -0.481 e. The maximum absolute atomic E-state index is 12.0. The first-order valence-corrected chi connectivity index (χ1v) is 11.9. The summed E-state index contributed by atoms with van der Waals surface area (Å²) in [6.45, 7) is 0.372. The van der Waals surface area contributed by atoms with Gasteiger partial charge in [-0.2, -0.15) is 0 Å². The summed E-state index contributed by atoms with van der Waals surface area (Å²) in [5, 5.41) is 34.0. The second-order valence-corrected chi connectivity index (χ2v) is 8.90. The standard InChI is InChI=1S/C22H30IN3O8/c23-15-9-7-14(8-10-15)4-3-6-18(27)24-13-2-1-5-16(20(30)31)25-22(34)26-17(21(32)33)11-12-19(28)29/h7-10,16-17H,1-6,11-13H2,(H,24,27)(H,28,29)(H,30,31)(H,32,33)(H2,25,26,34)/t16-,17-/m0/s1. The van der Waals surface area contributed by atoms with Crippen LogP contribution in [0.2, 0.25) is 0 Å². The molecule has 12 heteroatoms. The van der Waals surface area contributed by atoms with Gasteiger partial charge in [0.05, 0.1) is 0 Å². The van der Waals surface area contributed by atoms with Crippen LogP contribution in [-0.2, 0) is 25.6 Å². The predicted octanol–water partition coefficient (Wildman–Crippen LogP) is 1.97. The molecule has 0 unspecified atom stereocenters. The van der Waals surface area contributed by atoms with E-state index in [9.17, 15) is 29.1 Å². The number of unbranched alkanes of at least 4 members (excludes halogenated alkanes) is 1. The number of rotatable bonds is 16. The van der Waals surface area contributed by atoms with E-state index in [1.807, 2.05) is 24.3 Å². The lowest BCUT2D eigenvalue weighted by atomic mass is 10.1. The molecule has 0 aromatic heterocycles. The van der Waals surface area contributed by atoms with E-state index in [1.54, 1.807) is 0 Å². The average Bonchev–Trinajstić information content (AvgIpc) is 2.76. The first-order chi connectivity index (χ1) is 16.1. The number of amides is 3. The Kier molecular flexibility index (Phi) is 13.6. The largest absolute Gasteiger partial charge is 0.481 e. The smallest absolute Gasteiger partial charge is 0.326 e. The minimum absolute atomic E-state index is 0.0816. The average molecular weight is 591 g/mol. The maximum atomic E-state index is 12.0. The zero-order valence-electron chi connectivity index (χ0n) is 18.6. The van der Waals surface area contributed by atoms with Crippen LogP contribution in [0.25, 0.3) is 0 Å². The van der Waals surface area contributed by atoms with Gasteiger partial charge in [0, 0.05) is 23.0 Å². The molecule has 6 N–H and O–H groups in total. The molecule has 0 aliphatic heterocycles. The Hall–Kier alpha value is -2.90. The van der Waals surface area contributed by atoms with E-state index >= 15 is 0 Å². The molecule has 3 amide bonds. The number of hydrogen-bond acceptors (Lipinski definition) is 5. The molecule has 188 valence electrons. The number of carboxylic acid groups (broad SMARTS) is 3. The topological polar surface area (TPSA) is 182 Å². The number of aryl methyl sites for hydroxylation is 1. The molecule has 0 bridgehead atoms. The van der Waals surface area contributed by atoms with Crippen LogP contribution >= 0.6 is 22.6 Å². The number of urea groups is 1. The van der Waals surface area contributed by atoms with E-state index in [0.29, 0.717) is 25.8 Å². The van der Waals surface area contributed by atoms with Gasteiger partial charge in [-0.15, -0.1) is 0 Å². The van der Waals surface area contributed by atoms with E-state index < -0.39 is 42.4 Å². The Morgan fingerprint density at radius 2 is 1.38 bits per heavy atom. The van der Waals surface area contributed by atoms with Crippen LogP contribution in [-0.4, -0.2) is 63.8 Å². The number of carbonyl (C=O) groups is 5. The van der Waals surface area contributed by atoms with Crippen molar-refractivity contribution in [3.8, 4) is 0 Å². The van der Waals surface area contributed by atoms with Gasteiger partial charge in [-0.25, -0.2) is 14.4 Å². The van der Waals surface area contributed by atoms with Crippen molar-refractivity contribution < 1.29 is 39.3 Å². The highest BCUT2D eigenvalue weighted by Gasteiger charge is 2.24. The summed E-state index contributed by atoms with van der Waals surface area (Å²) in [5.41, 5.74) is 1.17. The Morgan fingerprint density at radius 1 is 0.794 bits per heavy atom. The third kappa shape index (κ3) is 13.0. The summed E-state index contributed by atoms with van der Waals surface area (Å²) in [4.78, 5) is 57.0. The molecule has 0 aliphatic carbocycles. The number of carbonyl (C=O) groups excluding carboxylic acids is 2. The van der Waals surface area contributed by atoms with Gasteiger partial charge in [-0.3, -0.25) is 9.59 Å².